The van der Waals surface area contributed by atoms with Gasteiger partial charge in [-0.1, -0.05) is 82.7 Å². The van der Waals surface area contributed by atoms with Crippen LogP contribution in [-0.4, -0.2) is 32.0 Å². The standard InChI is InChI=1S/C25H16Cl2N4O3S2/c26-17-7-6-16(18(27)12-17)13-35-25-30-29-24(36-25)31-20(14-4-2-1-3-5-14)19(22(33)23(31)34)21(32)15-8-10-28-11-9-15/h1-12,20,32H,13H2. The van der Waals surface area contributed by atoms with Gasteiger partial charge in [0.1, 0.15) is 5.76 Å². The summed E-state index contributed by atoms with van der Waals surface area (Å²) < 4.78 is 0.596. The summed E-state index contributed by atoms with van der Waals surface area (Å²) >= 11 is 14.8. The Morgan fingerprint density at radius 1 is 1.03 bits per heavy atom. The number of Topliss-reactive ketones (excluding diaryl/α,β-unsaturated/α-hetero) is 1. The predicted octanol–water partition coefficient (Wildman–Crippen LogP) is 6.16. The van der Waals surface area contributed by atoms with E-state index in [4.69, 9.17) is 23.2 Å². The van der Waals surface area contributed by atoms with Crippen LogP contribution in [0.25, 0.3) is 5.76 Å². The van der Waals surface area contributed by atoms with Gasteiger partial charge in [0.25, 0.3) is 5.78 Å². The first-order valence-electron chi connectivity index (χ1n) is 10.6. The van der Waals surface area contributed by atoms with Crippen molar-refractivity contribution in [3.63, 3.8) is 0 Å². The third-order valence-electron chi connectivity index (χ3n) is 5.48. The van der Waals surface area contributed by atoms with E-state index in [1.165, 1.54) is 40.4 Å². The van der Waals surface area contributed by atoms with E-state index in [-0.39, 0.29) is 16.5 Å². The minimum Gasteiger partial charge on any atom is -0.507 e. The van der Waals surface area contributed by atoms with Crippen LogP contribution in [0.1, 0.15) is 22.7 Å². The lowest BCUT2D eigenvalue weighted by Crippen LogP contribution is -2.29. The number of carbonyl (C=O) groups excluding carboxylic acids is 2. The maximum absolute atomic E-state index is 13.2. The summed E-state index contributed by atoms with van der Waals surface area (Å²) in [4.78, 5) is 31.6. The highest BCUT2D eigenvalue weighted by Gasteiger charge is 2.48. The minimum atomic E-state index is -0.865. The van der Waals surface area contributed by atoms with E-state index in [0.717, 1.165) is 5.56 Å². The first kappa shape index (κ1) is 24.5. The number of aliphatic hydroxyl groups excluding tert-OH is 1. The monoisotopic (exact) mass is 554 g/mol. The number of benzene rings is 2. The maximum Gasteiger partial charge on any atom is 0.301 e. The van der Waals surface area contributed by atoms with E-state index in [1.807, 2.05) is 12.1 Å². The number of nitrogens with zero attached hydrogens (tertiary/aromatic N) is 4. The van der Waals surface area contributed by atoms with Crippen LogP contribution < -0.4 is 4.90 Å². The van der Waals surface area contributed by atoms with Crippen molar-refractivity contribution in [2.24, 2.45) is 0 Å². The number of anilines is 1. The molecule has 0 radical (unpaired) electrons. The number of halogens is 2. The smallest absolute Gasteiger partial charge is 0.301 e. The topological polar surface area (TPSA) is 96.3 Å². The highest BCUT2D eigenvalue weighted by molar-refractivity contribution is 8.00. The molecule has 0 spiro atoms. The Labute approximate surface area is 224 Å². The summed E-state index contributed by atoms with van der Waals surface area (Å²) in [5.41, 5.74) is 1.90. The number of carbonyl (C=O) groups is 2. The molecular formula is C25H16Cl2N4O3S2. The highest BCUT2D eigenvalue weighted by atomic mass is 35.5. The van der Waals surface area contributed by atoms with Gasteiger partial charge in [-0.3, -0.25) is 19.5 Å². The molecule has 2 aromatic carbocycles. The van der Waals surface area contributed by atoms with E-state index in [1.54, 1.807) is 48.5 Å². The summed E-state index contributed by atoms with van der Waals surface area (Å²) in [6.45, 7) is 0. The summed E-state index contributed by atoms with van der Waals surface area (Å²) in [6.07, 6.45) is 3.01. The minimum absolute atomic E-state index is 0.0188. The molecule has 1 aliphatic rings. The molecule has 5 rings (SSSR count). The second kappa shape index (κ2) is 10.4. The van der Waals surface area contributed by atoms with Crippen LogP contribution in [0.2, 0.25) is 10.0 Å². The Bertz CT molecular complexity index is 1480. The van der Waals surface area contributed by atoms with Gasteiger partial charge in [0.2, 0.25) is 5.13 Å². The van der Waals surface area contributed by atoms with Crippen LogP contribution in [0.15, 0.2) is 83.0 Å². The van der Waals surface area contributed by atoms with Crippen LogP contribution in [0.5, 0.6) is 0 Å². The summed E-state index contributed by atoms with van der Waals surface area (Å²) in [5.74, 6) is -1.33. The molecule has 1 N–H and O–H groups in total. The largest absolute Gasteiger partial charge is 0.507 e. The number of amides is 1. The lowest BCUT2D eigenvalue weighted by molar-refractivity contribution is -0.132. The normalized spacial score (nSPS) is 17.1. The third-order valence-corrected chi connectivity index (χ3v) is 8.17. The molecule has 3 heterocycles. The van der Waals surface area contributed by atoms with Crippen molar-refractivity contribution in [2.45, 2.75) is 16.1 Å². The number of rotatable bonds is 6. The van der Waals surface area contributed by atoms with Crippen molar-refractivity contribution >= 4 is 68.9 Å². The van der Waals surface area contributed by atoms with Crippen molar-refractivity contribution < 1.29 is 14.7 Å². The van der Waals surface area contributed by atoms with E-state index in [9.17, 15) is 14.7 Å². The third kappa shape index (κ3) is 4.75. The molecule has 36 heavy (non-hydrogen) atoms. The molecule has 2 aromatic heterocycles. The number of hydrogen-bond acceptors (Lipinski definition) is 8. The second-order valence-electron chi connectivity index (χ2n) is 7.69. The fourth-order valence-electron chi connectivity index (χ4n) is 3.78. The molecule has 1 amide bonds. The number of thioether (sulfide) groups is 1. The molecule has 0 aliphatic carbocycles. The number of aliphatic hydroxyl groups is 1. The van der Waals surface area contributed by atoms with Gasteiger partial charge in [-0.25, -0.2) is 0 Å². The van der Waals surface area contributed by atoms with Crippen LogP contribution in [0.3, 0.4) is 0 Å². The summed E-state index contributed by atoms with van der Waals surface area (Å²) in [6, 6.07) is 16.6. The quantitative estimate of drug-likeness (QED) is 0.100. The fraction of sp³-hybridized carbons (Fsp3) is 0.0800. The summed E-state index contributed by atoms with van der Waals surface area (Å²) in [7, 11) is 0. The predicted molar refractivity (Wildman–Crippen MR) is 141 cm³/mol. The maximum atomic E-state index is 13.2. The lowest BCUT2D eigenvalue weighted by atomic mass is 9.96. The van der Waals surface area contributed by atoms with Crippen molar-refractivity contribution in [3.8, 4) is 0 Å². The van der Waals surface area contributed by atoms with Gasteiger partial charge in [0, 0.05) is 33.8 Å². The second-order valence-corrected chi connectivity index (χ2v) is 10.7. The van der Waals surface area contributed by atoms with Gasteiger partial charge in [0.05, 0.1) is 11.6 Å². The molecule has 11 heteroatoms. The molecule has 1 atom stereocenters. The molecule has 7 nitrogen and oxygen atoms in total. The van der Waals surface area contributed by atoms with Gasteiger partial charge in [-0.2, -0.15) is 0 Å². The Morgan fingerprint density at radius 3 is 2.50 bits per heavy atom. The van der Waals surface area contributed by atoms with Crippen molar-refractivity contribution in [3.05, 3.63) is 105 Å². The number of hydrogen-bond donors (Lipinski definition) is 1. The van der Waals surface area contributed by atoms with Crippen LogP contribution in [-0.2, 0) is 15.3 Å². The Morgan fingerprint density at radius 2 is 1.78 bits per heavy atom. The fourth-order valence-corrected chi connectivity index (χ4v) is 6.21. The van der Waals surface area contributed by atoms with Gasteiger partial charge < -0.3 is 5.11 Å². The van der Waals surface area contributed by atoms with Crippen LogP contribution in [0, 0.1) is 0 Å². The van der Waals surface area contributed by atoms with E-state index in [0.29, 0.717) is 31.3 Å². The van der Waals surface area contributed by atoms with Crippen LogP contribution >= 0.6 is 46.3 Å². The van der Waals surface area contributed by atoms with Gasteiger partial charge in [-0.05, 0) is 35.4 Å². The molecule has 180 valence electrons. The SMILES string of the molecule is O=C1C(=O)N(c2nnc(SCc3ccc(Cl)cc3Cl)s2)C(c2ccccc2)C1=C(O)c1ccncc1. The Hall–Kier alpha value is -3.24. The lowest BCUT2D eigenvalue weighted by Gasteiger charge is -2.22. The van der Waals surface area contributed by atoms with Crippen LogP contribution in [0.4, 0.5) is 5.13 Å². The zero-order chi connectivity index (χ0) is 25.2. The number of ketones is 1. The van der Waals surface area contributed by atoms with Gasteiger partial charge in [0.15, 0.2) is 4.34 Å². The Balaban J connectivity index is 1.51. The van der Waals surface area contributed by atoms with E-state index in [2.05, 4.69) is 15.2 Å². The molecule has 1 aliphatic heterocycles. The molecule has 1 fully saturated rings. The molecule has 0 bridgehead atoms. The van der Waals surface area contributed by atoms with Crippen molar-refractivity contribution in [1.82, 2.24) is 15.2 Å². The first-order valence-corrected chi connectivity index (χ1v) is 13.2. The number of pyridine rings is 1. The highest BCUT2D eigenvalue weighted by Crippen LogP contribution is 2.44. The van der Waals surface area contributed by atoms with Crippen molar-refractivity contribution in [1.29, 1.82) is 0 Å². The zero-order valence-corrected chi connectivity index (χ0v) is 21.5. The summed E-state index contributed by atoms with van der Waals surface area (Å²) in [5, 5.41) is 20.8. The molecule has 1 saturated heterocycles. The zero-order valence-electron chi connectivity index (χ0n) is 18.3. The number of aromatic nitrogens is 3. The first-order chi connectivity index (χ1) is 17.4. The van der Waals surface area contributed by atoms with Gasteiger partial charge >= 0.3 is 5.91 Å². The Kier molecular flexibility index (Phi) is 7.06. The van der Waals surface area contributed by atoms with E-state index < -0.39 is 17.7 Å². The van der Waals surface area contributed by atoms with Crippen molar-refractivity contribution in [2.75, 3.05) is 4.90 Å². The molecule has 4 aromatic rings. The average molecular weight is 555 g/mol. The van der Waals surface area contributed by atoms with E-state index >= 15 is 0 Å². The average Bonchev–Trinajstić information content (AvgIpc) is 3.46. The van der Waals surface area contributed by atoms with Gasteiger partial charge in [-0.15, -0.1) is 10.2 Å². The molecular weight excluding hydrogens is 539 g/mol. The molecule has 0 saturated carbocycles. The molecule has 1 unspecified atom stereocenters.